The van der Waals surface area contributed by atoms with Gasteiger partial charge in [0.2, 0.25) is 0 Å². The first kappa shape index (κ1) is 30.8. The molecule has 4 nitrogen and oxygen atoms in total. The Kier molecular flexibility index (Phi) is 13.0. The number of unbranched alkanes of at least 4 members (excludes halogenated alkanes) is 3. The maximum atomic E-state index is 13.7. The monoisotopic (exact) mass is 538 g/mol. The van der Waals surface area contributed by atoms with Crippen molar-refractivity contribution >= 4 is 11.9 Å². The van der Waals surface area contributed by atoms with Gasteiger partial charge in [0.05, 0.1) is 11.7 Å². The third-order valence-electron chi connectivity index (χ3n) is 7.90. The third-order valence-corrected chi connectivity index (χ3v) is 7.90. The Morgan fingerprint density at radius 1 is 0.846 bits per heavy atom. The minimum atomic E-state index is -1.48. The lowest BCUT2D eigenvalue weighted by atomic mass is 9.83. The number of hydrogen-bond acceptors (Lipinski definition) is 4. The van der Waals surface area contributed by atoms with Crippen molar-refractivity contribution in [3.05, 3.63) is 59.7 Å². The van der Waals surface area contributed by atoms with Crippen LogP contribution < -0.4 is 0 Å². The molecule has 1 aliphatic carbocycles. The largest absolute Gasteiger partial charge is 0.460 e. The van der Waals surface area contributed by atoms with Gasteiger partial charge in [-0.05, 0) is 99.5 Å². The molecule has 214 valence electrons. The molecular formula is C34H47FO4. The minimum absolute atomic E-state index is 0.0613. The summed E-state index contributed by atoms with van der Waals surface area (Å²) in [6, 6.07) is 16.3. The van der Waals surface area contributed by atoms with E-state index in [0.29, 0.717) is 17.9 Å². The molecule has 0 aliphatic heterocycles. The molecule has 5 heteroatoms. The fraction of sp³-hybridized carbons (Fsp3) is 0.588. The maximum Gasteiger partial charge on any atom is 0.340 e. The fourth-order valence-electron chi connectivity index (χ4n) is 5.35. The van der Waals surface area contributed by atoms with Crippen molar-refractivity contribution in [1.29, 1.82) is 0 Å². The number of esters is 2. The Morgan fingerprint density at radius 3 is 2.10 bits per heavy atom. The van der Waals surface area contributed by atoms with Gasteiger partial charge in [0.25, 0.3) is 0 Å². The van der Waals surface area contributed by atoms with Crippen LogP contribution in [-0.4, -0.2) is 30.3 Å². The fourth-order valence-corrected chi connectivity index (χ4v) is 5.35. The van der Waals surface area contributed by atoms with Crippen LogP contribution in [-0.2, 0) is 20.7 Å². The van der Waals surface area contributed by atoms with Gasteiger partial charge < -0.3 is 9.47 Å². The summed E-state index contributed by atoms with van der Waals surface area (Å²) in [5.74, 6) is -0.323. The van der Waals surface area contributed by atoms with Gasteiger partial charge in [-0.2, -0.15) is 0 Å². The van der Waals surface area contributed by atoms with Crippen LogP contribution in [0.5, 0.6) is 0 Å². The van der Waals surface area contributed by atoms with E-state index in [4.69, 9.17) is 9.47 Å². The molecule has 1 aliphatic rings. The molecule has 39 heavy (non-hydrogen) atoms. The van der Waals surface area contributed by atoms with Crippen molar-refractivity contribution in [2.45, 2.75) is 123 Å². The van der Waals surface area contributed by atoms with E-state index < -0.39 is 12.1 Å². The Hall–Kier alpha value is -2.69. The van der Waals surface area contributed by atoms with Crippen molar-refractivity contribution in [3.8, 4) is 11.1 Å². The zero-order valence-electron chi connectivity index (χ0n) is 24.1. The minimum Gasteiger partial charge on any atom is -0.460 e. The second-order valence-corrected chi connectivity index (χ2v) is 11.2. The number of carbonyl (C=O) groups is 2. The number of benzene rings is 2. The lowest BCUT2D eigenvalue weighted by Crippen LogP contribution is -2.29. The Balaban J connectivity index is 1.40. The molecule has 0 bridgehead atoms. The van der Waals surface area contributed by atoms with E-state index >= 15 is 0 Å². The first-order valence-corrected chi connectivity index (χ1v) is 15.1. The van der Waals surface area contributed by atoms with Crippen LogP contribution in [0.4, 0.5) is 4.39 Å². The van der Waals surface area contributed by atoms with Crippen molar-refractivity contribution in [3.63, 3.8) is 0 Å². The van der Waals surface area contributed by atoms with Gasteiger partial charge in [-0.25, -0.2) is 14.0 Å². The predicted octanol–water partition coefficient (Wildman–Crippen LogP) is 9.04. The van der Waals surface area contributed by atoms with E-state index in [1.54, 1.807) is 0 Å². The van der Waals surface area contributed by atoms with Crippen LogP contribution in [0, 0.1) is 5.92 Å². The van der Waals surface area contributed by atoms with Crippen molar-refractivity contribution in [2.24, 2.45) is 5.92 Å². The van der Waals surface area contributed by atoms with Gasteiger partial charge in [0.15, 0.2) is 6.17 Å². The molecule has 0 N–H and O–H groups in total. The molecule has 0 saturated heterocycles. The zero-order valence-corrected chi connectivity index (χ0v) is 24.1. The van der Waals surface area contributed by atoms with E-state index in [1.165, 1.54) is 24.8 Å². The average molecular weight is 539 g/mol. The summed E-state index contributed by atoms with van der Waals surface area (Å²) in [5.41, 5.74) is 4.10. The molecule has 1 saturated carbocycles. The summed E-state index contributed by atoms with van der Waals surface area (Å²) in [4.78, 5) is 24.3. The molecule has 0 amide bonds. The van der Waals surface area contributed by atoms with Gasteiger partial charge in [0.1, 0.15) is 6.10 Å². The quantitative estimate of drug-likeness (QED) is 0.168. The van der Waals surface area contributed by atoms with E-state index in [0.717, 1.165) is 62.5 Å². The first-order chi connectivity index (χ1) is 18.9. The molecule has 0 heterocycles. The average Bonchev–Trinajstić information content (AvgIpc) is 2.95. The van der Waals surface area contributed by atoms with Crippen molar-refractivity contribution < 1.29 is 23.5 Å². The smallest absolute Gasteiger partial charge is 0.340 e. The number of carbonyl (C=O) groups excluding carboxylic acids is 2. The molecule has 1 fully saturated rings. The molecule has 0 spiro atoms. The van der Waals surface area contributed by atoms with Gasteiger partial charge in [0, 0.05) is 0 Å². The van der Waals surface area contributed by atoms with Gasteiger partial charge in [-0.1, -0.05) is 75.9 Å². The Labute approximate surface area is 234 Å². The molecule has 0 unspecified atom stereocenters. The number of rotatable bonds is 15. The molecule has 2 aromatic rings. The molecule has 3 rings (SSSR count). The Morgan fingerprint density at radius 2 is 1.49 bits per heavy atom. The highest BCUT2D eigenvalue weighted by molar-refractivity contribution is 5.90. The Bertz CT molecular complexity index is 993. The number of alkyl halides is 1. The van der Waals surface area contributed by atoms with Crippen molar-refractivity contribution in [2.75, 3.05) is 0 Å². The van der Waals surface area contributed by atoms with E-state index in [-0.39, 0.29) is 24.6 Å². The standard InChI is InChI=1S/C34H47FO4/c1-4-6-7-8-10-25(3)38-33(36)30-21-19-29(20-22-30)28-17-13-26(14-18-28)11-12-27-15-23-31(24-16-27)39-34(37)32(35)9-5-2/h13-14,17-22,25,27,31-32H,4-12,15-16,23-24H2,1-3H3/t25-,27-,31-,32+/m1/s1. The number of ether oxygens (including phenoxy) is 2. The summed E-state index contributed by atoms with van der Waals surface area (Å²) in [7, 11) is 0. The van der Waals surface area contributed by atoms with Crippen LogP contribution >= 0.6 is 0 Å². The SMILES string of the molecule is CCCCCC[C@@H](C)OC(=O)c1ccc(-c2ccc(CC[C@H]3CC[C@H](OC(=O)[C@@H](F)CCC)CC3)cc2)cc1. The predicted molar refractivity (Wildman–Crippen MR) is 155 cm³/mol. The summed E-state index contributed by atoms with van der Waals surface area (Å²) in [6.45, 7) is 6.03. The number of hydrogen-bond donors (Lipinski definition) is 0. The highest BCUT2D eigenvalue weighted by Crippen LogP contribution is 2.30. The second kappa shape index (κ2) is 16.4. The van der Waals surface area contributed by atoms with Crippen LogP contribution in [0.3, 0.4) is 0 Å². The number of halogens is 1. The van der Waals surface area contributed by atoms with Crippen LogP contribution in [0.1, 0.15) is 114 Å². The van der Waals surface area contributed by atoms with E-state index in [2.05, 4.69) is 31.2 Å². The molecular weight excluding hydrogens is 491 g/mol. The molecule has 2 aromatic carbocycles. The summed E-state index contributed by atoms with van der Waals surface area (Å²) in [6.07, 6.45) is 10.7. The van der Waals surface area contributed by atoms with E-state index in [1.807, 2.05) is 38.1 Å². The summed E-state index contributed by atoms with van der Waals surface area (Å²) in [5, 5.41) is 0. The van der Waals surface area contributed by atoms with Crippen LogP contribution in [0.15, 0.2) is 48.5 Å². The maximum absolute atomic E-state index is 13.7. The topological polar surface area (TPSA) is 52.6 Å². The lowest BCUT2D eigenvalue weighted by molar-refractivity contribution is -0.157. The zero-order chi connectivity index (χ0) is 28.0. The van der Waals surface area contributed by atoms with Crippen molar-refractivity contribution in [1.82, 2.24) is 0 Å². The molecule has 0 aromatic heterocycles. The van der Waals surface area contributed by atoms with Crippen LogP contribution in [0.2, 0.25) is 0 Å². The highest BCUT2D eigenvalue weighted by atomic mass is 19.1. The summed E-state index contributed by atoms with van der Waals surface area (Å²) >= 11 is 0. The normalized spacial score (nSPS) is 18.8. The highest BCUT2D eigenvalue weighted by Gasteiger charge is 2.27. The molecule has 2 atom stereocenters. The summed E-state index contributed by atoms with van der Waals surface area (Å²) < 4.78 is 24.7. The van der Waals surface area contributed by atoms with Crippen LogP contribution in [0.25, 0.3) is 11.1 Å². The second-order valence-electron chi connectivity index (χ2n) is 11.2. The third kappa shape index (κ3) is 10.4. The van der Waals surface area contributed by atoms with E-state index in [9.17, 15) is 14.0 Å². The molecule has 0 radical (unpaired) electrons. The van der Waals surface area contributed by atoms with Gasteiger partial charge in [-0.15, -0.1) is 0 Å². The van der Waals surface area contributed by atoms with Gasteiger partial charge >= 0.3 is 11.9 Å². The first-order valence-electron chi connectivity index (χ1n) is 15.1. The number of aryl methyl sites for hydroxylation is 1. The van der Waals surface area contributed by atoms with Gasteiger partial charge in [-0.3, -0.25) is 0 Å². The lowest BCUT2D eigenvalue weighted by Gasteiger charge is -2.28.